The number of benzene rings is 1. The zero-order chi connectivity index (χ0) is 48.6. The normalized spacial score (nSPS) is 21.9. The molecule has 15 nitrogen and oxygen atoms in total. The Balaban J connectivity index is 1.28. The molecule has 4 aromatic rings. The SMILES string of the molecule is C=CC(=O)N1CCC(F)(C(=O)N(C)[C@H](C(=O)N[C@H]2Cc3nc(cs3)-c3ccc4c(c3)c(c(-c3cccnc3[C@H](C)OC)n4CC)CC(C)(C)COC(=O)[C@@]3([Si])CCCN(N3)C2=O)C(C)C)CC1. The number of carbonyl (C=O) groups excluding carboxylic acids is 5. The van der Waals surface area contributed by atoms with Gasteiger partial charge in [0.05, 0.1) is 45.0 Å². The highest BCUT2D eigenvalue weighted by Gasteiger charge is 2.48. The molecular formula is C49H62FN8O7SSi. The number of alkyl halides is 1. The first kappa shape index (κ1) is 49.6. The molecule has 7 rings (SSSR count). The third-order valence-electron chi connectivity index (χ3n) is 13.3. The number of aryl methyl sites for hydroxylation is 1. The van der Waals surface area contributed by atoms with Crippen molar-refractivity contribution in [3.8, 4) is 22.5 Å². The molecule has 0 aliphatic carbocycles. The lowest BCUT2D eigenvalue weighted by molar-refractivity contribution is -0.158. The van der Waals surface area contributed by atoms with E-state index in [2.05, 4.69) is 71.1 Å². The van der Waals surface area contributed by atoms with Crippen LogP contribution in [0, 0.1) is 11.3 Å². The third kappa shape index (κ3) is 9.99. The molecule has 1 aromatic carbocycles. The van der Waals surface area contributed by atoms with Gasteiger partial charge in [-0.2, -0.15) is 0 Å². The van der Waals surface area contributed by atoms with Gasteiger partial charge in [-0.05, 0) is 74.9 Å². The second-order valence-electron chi connectivity index (χ2n) is 19.1. The highest BCUT2D eigenvalue weighted by atomic mass is 32.1. The lowest BCUT2D eigenvalue weighted by Gasteiger charge is -2.42. The smallest absolute Gasteiger partial charge is 0.323 e. The van der Waals surface area contributed by atoms with Crippen LogP contribution in [0.1, 0.15) is 89.6 Å². The fourth-order valence-electron chi connectivity index (χ4n) is 9.67. The fourth-order valence-corrected chi connectivity index (χ4v) is 10.9. The Morgan fingerprint density at radius 3 is 2.55 bits per heavy atom. The van der Waals surface area contributed by atoms with Gasteiger partial charge >= 0.3 is 5.97 Å². The molecule has 357 valence electrons. The number of methoxy groups -OCH3 is 1. The number of hydrazine groups is 1. The van der Waals surface area contributed by atoms with E-state index < -0.39 is 57.9 Å². The van der Waals surface area contributed by atoms with E-state index in [1.165, 1.54) is 28.3 Å². The Labute approximate surface area is 399 Å². The van der Waals surface area contributed by atoms with Gasteiger partial charge in [-0.3, -0.25) is 34.0 Å². The Kier molecular flexibility index (Phi) is 14.6. The molecule has 4 atom stereocenters. The summed E-state index contributed by atoms with van der Waals surface area (Å²) < 4.78 is 30.6. The van der Waals surface area contributed by atoms with Gasteiger partial charge in [0, 0.05) is 98.6 Å². The van der Waals surface area contributed by atoms with Crippen molar-refractivity contribution in [1.29, 1.82) is 0 Å². The highest BCUT2D eigenvalue weighted by molar-refractivity contribution is 7.10. The van der Waals surface area contributed by atoms with E-state index >= 15 is 4.39 Å². The number of cyclic esters (lactones) is 1. The summed E-state index contributed by atoms with van der Waals surface area (Å²) in [5, 5.41) is 6.28. The lowest BCUT2D eigenvalue weighted by atomic mass is 9.84. The Morgan fingerprint density at radius 1 is 1.15 bits per heavy atom. The molecule has 2 saturated heterocycles. The second kappa shape index (κ2) is 19.7. The standard InChI is InChI=1S/C49H62FN8O7SSi/c1-10-39(59)56-22-18-48(50,19-23-56)45(62)55(8)41(29(3)4)43(60)53-35-25-38-52-36(27-66-38)31-15-16-37-33(24-31)34(42(57(37)11-2)32-14-12-20-51-40(32)30(5)64-9)26-47(6,7)28-65-46(63)49(67)17-13-21-58(54-49)44(35)61/h10,12,14-16,20,24,27,29-30,35,41,54H,1,11,13,17-19,21-23,25-26,28H2,2-9H3,(H,53,60)/t30-,35-,41-,49-/m0/s1. The van der Waals surface area contributed by atoms with Crippen molar-refractivity contribution >= 4 is 62.1 Å². The van der Waals surface area contributed by atoms with Crippen LogP contribution in [0.3, 0.4) is 0 Å². The summed E-state index contributed by atoms with van der Waals surface area (Å²) in [4.78, 5) is 81.9. The monoisotopic (exact) mass is 953 g/mol. The van der Waals surface area contributed by atoms with Crippen LogP contribution in [0.5, 0.6) is 0 Å². The van der Waals surface area contributed by atoms with Gasteiger partial charge < -0.3 is 29.2 Å². The average Bonchev–Trinajstić information content (AvgIpc) is 3.90. The number of likely N-dealkylation sites (N-methyl/N-ethyl adjacent to an activating group) is 1. The molecule has 3 aliphatic rings. The minimum absolute atomic E-state index is 0.0191. The number of hydrogen-bond acceptors (Lipinski definition) is 11. The molecule has 6 bridgehead atoms. The number of pyridine rings is 1. The van der Waals surface area contributed by atoms with Gasteiger partial charge in [-0.15, -0.1) is 11.3 Å². The van der Waals surface area contributed by atoms with Crippen molar-refractivity contribution in [3.63, 3.8) is 0 Å². The van der Waals surface area contributed by atoms with Crippen LogP contribution in [-0.4, -0.2) is 132 Å². The molecule has 3 aromatic heterocycles. The van der Waals surface area contributed by atoms with Crippen molar-refractivity contribution in [2.45, 2.75) is 116 Å². The zero-order valence-electron chi connectivity index (χ0n) is 39.7. The molecule has 2 N–H and O–H groups in total. The Hall–Kier alpha value is -5.30. The molecule has 0 unspecified atom stereocenters. The predicted octanol–water partition coefficient (Wildman–Crippen LogP) is 5.70. The molecular weight excluding hydrogens is 892 g/mol. The number of fused-ring (bicyclic) bond motifs is 6. The molecule has 4 amide bonds. The summed E-state index contributed by atoms with van der Waals surface area (Å²) in [6.07, 6.45) is 3.43. The predicted molar refractivity (Wildman–Crippen MR) is 255 cm³/mol. The van der Waals surface area contributed by atoms with E-state index in [1.807, 2.05) is 24.4 Å². The van der Waals surface area contributed by atoms with Crippen molar-refractivity contribution in [1.82, 2.24) is 40.1 Å². The zero-order valence-corrected chi connectivity index (χ0v) is 41.6. The van der Waals surface area contributed by atoms with Gasteiger partial charge in [-0.25, -0.2) is 14.8 Å². The number of thiazole rings is 1. The van der Waals surface area contributed by atoms with E-state index in [0.29, 0.717) is 36.5 Å². The number of hydrogen-bond donors (Lipinski definition) is 2. The van der Waals surface area contributed by atoms with Crippen LogP contribution in [0.25, 0.3) is 33.4 Å². The number of amides is 4. The fraction of sp³-hybridized carbons (Fsp3) is 0.531. The number of nitrogens with zero attached hydrogens (tertiary/aromatic N) is 6. The van der Waals surface area contributed by atoms with Crippen molar-refractivity contribution < 1.29 is 37.8 Å². The Morgan fingerprint density at radius 2 is 1.88 bits per heavy atom. The van der Waals surface area contributed by atoms with E-state index in [0.717, 1.165) is 50.0 Å². The summed E-state index contributed by atoms with van der Waals surface area (Å²) in [5.41, 5.74) is 6.59. The molecule has 3 radical (unpaired) electrons. The first-order valence-electron chi connectivity index (χ1n) is 23.0. The number of rotatable bonds is 10. The average molecular weight is 954 g/mol. The molecule has 6 heterocycles. The van der Waals surface area contributed by atoms with E-state index in [4.69, 9.17) is 19.4 Å². The first-order valence-corrected chi connectivity index (χ1v) is 24.4. The molecule has 18 heteroatoms. The number of likely N-dealkylation sites (tertiary alicyclic amines) is 1. The molecule has 0 saturated carbocycles. The molecule has 3 aliphatic heterocycles. The van der Waals surface area contributed by atoms with Crippen LogP contribution in [-0.2, 0) is 52.8 Å². The number of ether oxygens (including phenoxy) is 2. The van der Waals surface area contributed by atoms with Gasteiger partial charge in [0.25, 0.3) is 11.8 Å². The summed E-state index contributed by atoms with van der Waals surface area (Å²) in [7, 11) is 6.75. The highest BCUT2D eigenvalue weighted by Crippen LogP contribution is 2.42. The van der Waals surface area contributed by atoms with Gasteiger partial charge in [0.2, 0.25) is 11.8 Å². The summed E-state index contributed by atoms with van der Waals surface area (Å²) in [5.74, 6) is -3.48. The van der Waals surface area contributed by atoms with Crippen molar-refractivity contribution in [3.05, 3.63) is 70.8 Å². The molecule has 0 spiro atoms. The second-order valence-corrected chi connectivity index (χ2v) is 20.9. The summed E-state index contributed by atoms with van der Waals surface area (Å²) in [6.45, 7) is 16.2. The lowest BCUT2D eigenvalue weighted by Crippen LogP contribution is -2.68. The van der Waals surface area contributed by atoms with Crippen molar-refractivity contribution in [2.75, 3.05) is 40.4 Å². The number of esters is 1. The number of nitrogens with one attached hydrogen (secondary N) is 2. The number of carbonyl (C=O) groups is 5. The molecule has 2 fully saturated rings. The molecule has 67 heavy (non-hydrogen) atoms. The Bertz CT molecular complexity index is 2550. The van der Waals surface area contributed by atoms with E-state index in [9.17, 15) is 24.0 Å². The van der Waals surface area contributed by atoms with Crippen LogP contribution in [0.2, 0.25) is 0 Å². The maximum absolute atomic E-state index is 16.4. The van der Waals surface area contributed by atoms with Crippen LogP contribution < -0.4 is 10.7 Å². The number of aromatic nitrogens is 3. The van der Waals surface area contributed by atoms with Crippen LogP contribution >= 0.6 is 11.3 Å². The maximum atomic E-state index is 16.4. The topological polar surface area (TPSA) is 168 Å². The maximum Gasteiger partial charge on any atom is 0.323 e. The van der Waals surface area contributed by atoms with Gasteiger partial charge in [-0.1, -0.05) is 40.3 Å². The minimum Gasteiger partial charge on any atom is -0.464 e. The van der Waals surface area contributed by atoms with E-state index in [1.54, 1.807) is 27.2 Å². The van der Waals surface area contributed by atoms with Gasteiger partial charge in [0.1, 0.15) is 17.2 Å². The summed E-state index contributed by atoms with van der Waals surface area (Å²) in [6, 6.07) is 7.89. The van der Waals surface area contributed by atoms with Gasteiger partial charge in [0.15, 0.2) is 5.67 Å². The van der Waals surface area contributed by atoms with Crippen LogP contribution in [0.4, 0.5) is 4.39 Å². The number of halogens is 1. The van der Waals surface area contributed by atoms with Crippen LogP contribution in [0.15, 0.2) is 54.6 Å². The summed E-state index contributed by atoms with van der Waals surface area (Å²) >= 11 is 1.35. The minimum atomic E-state index is -2.30. The number of piperidine rings is 1. The third-order valence-corrected chi connectivity index (χ3v) is 14.8. The quantitative estimate of drug-likeness (QED) is 0.114. The van der Waals surface area contributed by atoms with Crippen molar-refractivity contribution in [2.24, 2.45) is 11.3 Å². The first-order chi connectivity index (χ1) is 31.7. The largest absolute Gasteiger partial charge is 0.464 e. The van der Waals surface area contributed by atoms with E-state index in [-0.39, 0.29) is 57.5 Å².